The van der Waals surface area contributed by atoms with E-state index in [0.717, 1.165) is 0 Å². The van der Waals surface area contributed by atoms with Gasteiger partial charge in [-0.15, -0.1) is 0 Å². The number of nitro groups is 1. The Morgan fingerprint density at radius 2 is 2.00 bits per heavy atom. The summed E-state index contributed by atoms with van der Waals surface area (Å²) in [5.74, 6) is -0.445. The Morgan fingerprint density at radius 3 is 2.62 bits per heavy atom. The first-order valence-electron chi connectivity index (χ1n) is 5.69. The highest BCUT2D eigenvalue weighted by Gasteiger charge is 2.15. The number of carbonyl (C=O) groups is 1. The van der Waals surface area contributed by atoms with Crippen LogP contribution in [0.1, 0.15) is 10.4 Å². The van der Waals surface area contributed by atoms with Crippen molar-refractivity contribution in [2.75, 3.05) is 11.1 Å². The Morgan fingerprint density at radius 1 is 1.29 bits per heavy atom. The van der Waals surface area contributed by atoms with E-state index in [1.54, 1.807) is 18.2 Å². The smallest absolute Gasteiger partial charge is 0.292 e. The van der Waals surface area contributed by atoms with E-state index in [-0.39, 0.29) is 16.9 Å². The van der Waals surface area contributed by atoms with Crippen LogP contribution in [0, 0.1) is 10.1 Å². The predicted octanol–water partition coefficient (Wildman–Crippen LogP) is 3.85. The molecule has 2 rings (SSSR count). The molecular formula is C13H9BrClN3O3. The van der Waals surface area contributed by atoms with Gasteiger partial charge in [0, 0.05) is 21.1 Å². The van der Waals surface area contributed by atoms with Gasteiger partial charge in [-0.2, -0.15) is 0 Å². The van der Waals surface area contributed by atoms with Crippen LogP contribution in [0.5, 0.6) is 0 Å². The van der Waals surface area contributed by atoms with Gasteiger partial charge in [0.1, 0.15) is 5.69 Å². The number of hydrogen-bond acceptors (Lipinski definition) is 4. The number of amides is 1. The van der Waals surface area contributed by atoms with Crippen molar-refractivity contribution in [2.45, 2.75) is 0 Å². The summed E-state index contributed by atoms with van der Waals surface area (Å²) in [5.41, 5.74) is 5.95. The molecule has 3 N–H and O–H groups in total. The minimum absolute atomic E-state index is 0.0715. The Hall–Kier alpha value is -2.12. The molecular weight excluding hydrogens is 362 g/mol. The summed E-state index contributed by atoms with van der Waals surface area (Å²) in [6.07, 6.45) is 0. The summed E-state index contributed by atoms with van der Waals surface area (Å²) in [7, 11) is 0. The third-order valence-electron chi connectivity index (χ3n) is 2.66. The van der Waals surface area contributed by atoms with Crippen molar-refractivity contribution >= 4 is 50.5 Å². The maximum atomic E-state index is 12.1. The minimum Gasteiger partial charge on any atom is -0.393 e. The molecule has 0 unspecified atom stereocenters. The maximum Gasteiger partial charge on any atom is 0.292 e. The first-order chi connectivity index (χ1) is 9.88. The molecule has 0 aliphatic heterocycles. The number of carbonyl (C=O) groups excluding carboxylic acids is 1. The number of hydrogen-bond donors (Lipinski definition) is 2. The van der Waals surface area contributed by atoms with Gasteiger partial charge in [0.15, 0.2) is 0 Å². The molecule has 6 nitrogen and oxygen atoms in total. The monoisotopic (exact) mass is 369 g/mol. The fourth-order valence-electron chi connectivity index (χ4n) is 1.65. The van der Waals surface area contributed by atoms with E-state index in [4.69, 9.17) is 17.3 Å². The largest absolute Gasteiger partial charge is 0.393 e. The second-order valence-corrected chi connectivity index (χ2v) is 5.40. The number of nitrogen functional groups attached to an aromatic ring is 1. The van der Waals surface area contributed by atoms with Gasteiger partial charge in [0.25, 0.3) is 11.6 Å². The van der Waals surface area contributed by atoms with Crippen molar-refractivity contribution in [1.82, 2.24) is 0 Å². The van der Waals surface area contributed by atoms with Crippen LogP contribution in [0.15, 0.2) is 40.9 Å². The van der Waals surface area contributed by atoms with Crippen LogP contribution in [0.4, 0.5) is 17.1 Å². The molecule has 0 saturated heterocycles. The van der Waals surface area contributed by atoms with Gasteiger partial charge in [0.05, 0.1) is 10.6 Å². The fraction of sp³-hybridized carbons (Fsp3) is 0. The van der Waals surface area contributed by atoms with Crippen molar-refractivity contribution < 1.29 is 9.72 Å². The number of nitrogens with zero attached hydrogens (tertiary/aromatic N) is 1. The third-order valence-corrected chi connectivity index (χ3v) is 3.59. The molecule has 108 valence electrons. The topological polar surface area (TPSA) is 98.3 Å². The average molecular weight is 371 g/mol. The van der Waals surface area contributed by atoms with Crippen LogP contribution in [-0.4, -0.2) is 10.8 Å². The lowest BCUT2D eigenvalue weighted by atomic mass is 10.1. The van der Waals surface area contributed by atoms with Gasteiger partial charge in [-0.1, -0.05) is 11.6 Å². The maximum absolute atomic E-state index is 12.1. The molecule has 0 saturated carbocycles. The second-order valence-electron chi connectivity index (χ2n) is 4.11. The van der Waals surface area contributed by atoms with Gasteiger partial charge in [-0.25, -0.2) is 0 Å². The van der Waals surface area contributed by atoms with Crippen molar-refractivity contribution in [3.63, 3.8) is 0 Å². The quantitative estimate of drug-likeness (QED) is 0.487. The first kappa shape index (κ1) is 15.3. The summed E-state index contributed by atoms with van der Waals surface area (Å²) >= 11 is 9.15. The zero-order valence-corrected chi connectivity index (χ0v) is 12.8. The van der Waals surface area contributed by atoms with Crippen LogP contribution in [0.2, 0.25) is 5.02 Å². The molecule has 0 bridgehead atoms. The molecule has 21 heavy (non-hydrogen) atoms. The highest BCUT2D eigenvalue weighted by molar-refractivity contribution is 9.10. The predicted molar refractivity (Wildman–Crippen MR) is 84.6 cm³/mol. The van der Waals surface area contributed by atoms with Crippen molar-refractivity contribution in [3.8, 4) is 0 Å². The zero-order chi connectivity index (χ0) is 15.6. The molecule has 0 aromatic heterocycles. The number of halogens is 2. The molecule has 0 spiro atoms. The number of nitrogens with two attached hydrogens (primary N) is 1. The number of anilines is 2. The lowest BCUT2D eigenvalue weighted by Crippen LogP contribution is -2.13. The van der Waals surface area contributed by atoms with E-state index < -0.39 is 10.8 Å². The number of benzene rings is 2. The van der Waals surface area contributed by atoms with Gasteiger partial charge in [0.2, 0.25) is 0 Å². The summed E-state index contributed by atoms with van der Waals surface area (Å²) in [5, 5.41) is 13.8. The lowest BCUT2D eigenvalue weighted by Gasteiger charge is -2.08. The zero-order valence-electron chi connectivity index (χ0n) is 10.5. The minimum atomic E-state index is -0.607. The van der Waals surface area contributed by atoms with Gasteiger partial charge in [-0.3, -0.25) is 14.9 Å². The summed E-state index contributed by atoms with van der Waals surface area (Å²) in [6.45, 7) is 0. The molecule has 0 atom stereocenters. The SMILES string of the molecule is Nc1cc(C(=O)Nc2cc(Cl)ccc2Br)ccc1[N+](=O)[O-]. The fourth-order valence-corrected chi connectivity index (χ4v) is 2.17. The molecule has 1 amide bonds. The van der Waals surface area contributed by atoms with Crippen molar-refractivity contribution in [3.05, 3.63) is 61.6 Å². The molecule has 0 heterocycles. The van der Waals surface area contributed by atoms with Crippen molar-refractivity contribution in [1.29, 1.82) is 0 Å². The van der Waals surface area contributed by atoms with E-state index in [1.807, 2.05) is 0 Å². The average Bonchev–Trinajstić information content (AvgIpc) is 2.42. The van der Waals surface area contributed by atoms with E-state index in [2.05, 4.69) is 21.2 Å². The number of nitro benzene ring substituents is 1. The standard InChI is InChI=1S/C13H9BrClN3O3/c14-9-3-2-8(15)6-11(9)17-13(19)7-1-4-12(18(20)21)10(16)5-7/h1-6H,16H2,(H,17,19). The Bertz CT molecular complexity index is 737. The molecule has 0 aliphatic carbocycles. The highest BCUT2D eigenvalue weighted by Crippen LogP contribution is 2.27. The van der Waals surface area contributed by atoms with Crippen LogP contribution < -0.4 is 11.1 Å². The van der Waals surface area contributed by atoms with Crippen LogP contribution in [-0.2, 0) is 0 Å². The van der Waals surface area contributed by atoms with Crippen LogP contribution in [0.25, 0.3) is 0 Å². The van der Waals surface area contributed by atoms with Gasteiger partial charge < -0.3 is 11.1 Å². The Balaban J connectivity index is 2.26. The normalized spacial score (nSPS) is 10.2. The second kappa shape index (κ2) is 6.11. The summed E-state index contributed by atoms with van der Waals surface area (Å²) < 4.78 is 0.662. The van der Waals surface area contributed by atoms with E-state index in [1.165, 1.54) is 18.2 Å². The molecule has 2 aromatic rings. The van der Waals surface area contributed by atoms with Gasteiger partial charge >= 0.3 is 0 Å². The Kier molecular flexibility index (Phi) is 4.44. The number of rotatable bonds is 3. The number of nitrogens with one attached hydrogen (secondary N) is 1. The third kappa shape index (κ3) is 3.50. The van der Waals surface area contributed by atoms with Crippen LogP contribution >= 0.6 is 27.5 Å². The summed E-state index contributed by atoms with van der Waals surface area (Å²) in [6, 6.07) is 8.73. The van der Waals surface area contributed by atoms with E-state index >= 15 is 0 Å². The van der Waals surface area contributed by atoms with E-state index in [0.29, 0.717) is 15.2 Å². The molecule has 8 heteroatoms. The van der Waals surface area contributed by atoms with Crippen molar-refractivity contribution in [2.24, 2.45) is 0 Å². The van der Waals surface area contributed by atoms with Gasteiger partial charge in [-0.05, 0) is 46.3 Å². The Labute approximate surface area is 133 Å². The first-order valence-corrected chi connectivity index (χ1v) is 6.86. The summed E-state index contributed by atoms with van der Waals surface area (Å²) in [4.78, 5) is 22.2. The molecule has 0 fully saturated rings. The molecule has 0 aliphatic rings. The molecule has 2 aromatic carbocycles. The van der Waals surface area contributed by atoms with E-state index in [9.17, 15) is 14.9 Å². The highest BCUT2D eigenvalue weighted by atomic mass is 79.9. The van der Waals surface area contributed by atoms with Crippen LogP contribution in [0.3, 0.4) is 0 Å². The molecule has 0 radical (unpaired) electrons. The lowest BCUT2D eigenvalue weighted by molar-refractivity contribution is -0.383.